The van der Waals surface area contributed by atoms with E-state index in [-0.39, 0.29) is 0 Å². The molecule has 0 bridgehead atoms. The van der Waals surface area contributed by atoms with Crippen molar-refractivity contribution in [3.63, 3.8) is 0 Å². The fourth-order valence-electron chi connectivity index (χ4n) is 3.46. The molecule has 0 aliphatic heterocycles. The van der Waals surface area contributed by atoms with Crippen LogP contribution in [0, 0.1) is 6.92 Å². The molecule has 0 radical (unpaired) electrons. The van der Waals surface area contributed by atoms with E-state index < -0.39 is 0 Å². The van der Waals surface area contributed by atoms with Crippen molar-refractivity contribution in [2.45, 2.75) is 32.1 Å². The smallest absolute Gasteiger partial charge is 0.0705 e. The Labute approximate surface area is 125 Å². The maximum absolute atomic E-state index is 4.88. The molecule has 2 aromatic carbocycles. The molecule has 1 aromatic heterocycles. The van der Waals surface area contributed by atoms with Gasteiger partial charge in [-0.25, -0.2) is 0 Å². The molecule has 0 spiro atoms. The molecule has 0 fully saturated rings. The van der Waals surface area contributed by atoms with Crippen LogP contribution in [-0.4, -0.2) is 4.98 Å². The molecular weight excluding hydrogens is 254 g/mol. The van der Waals surface area contributed by atoms with Crippen LogP contribution < -0.4 is 0 Å². The summed E-state index contributed by atoms with van der Waals surface area (Å²) in [7, 11) is 0. The Bertz CT molecular complexity index is 790. The number of aromatic nitrogens is 1. The van der Waals surface area contributed by atoms with E-state index in [9.17, 15) is 0 Å². The van der Waals surface area contributed by atoms with Gasteiger partial charge in [-0.05, 0) is 61.4 Å². The fourth-order valence-corrected chi connectivity index (χ4v) is 3.46. The number of hydrogen-bond acceptors (Lipinski definition) is 1. The predicted octanol–water partition coefficient (Wildman–Crippen LogP) is 4.82. The highest BCUT2D eigenvalue weighted by atomic mass is 14.7. The average molecular weight is 273 g/mol. The predicted molar refractivity (Wildman–Crippen MR) is 87.7 cm³/mol. The van der Waals surface area contributed by atoms with Crippen LogP contribution in [0.3, 0.4) is 0 Å². The van der Waals surface area contributed by atoms with Crippen molar-refractivity contribution < 1.29 is 0 Å². The van der Waals surface area contributed by atoms with Gasteiger partial charge in [0.05, 0.1) is 5.52 Å². The van der Waals surface area contributed by atoms with Crippen LogP contribution in [0.1, 0.15) is 34.7 Å². The third-order valence-corrected chi connectivity index (χ3v) is 4.61. The van der Waals surface area contributed by atoms with Crippen LogP contribution in [-0.2, 0) is 12.8 Å². The molecule has 0 saturated carbocycles. The van der Waals surface area contributed by atoms with E-state index in [1.54, 1.807) is 0 Å². The van der Waals surface area contributed by atoms with Gasteiger partial charge in [-0.2, -0.15) is 0 Å². The lowest BCUT2D eigenvalue weighted by Crippen LogP contribution is -2.14. The standard InChI is InChI=1S/C20H19N/c1-14-7-9-19-17(11-14)13-18-12-16(8-10-20(18)21-19)15-5-3-2-4-6-15/h2-7,9,11,13,16H,8,10,12H2,1H3. The molecule has 4 rings (SSSR count). The second-order valence-electron chi connectivity index (χ2n) is 6.14. The number of hydrogen-bond donors (Lipinski definition) is 0. The lowest BCUT2D eigenvalue weighted by atomic mass is 9.82. The summed E-state index contributed by atoms with van der Waals surface area (Å²) in [5.74, 6) is 0.641. The van der Waals surface area contributed by atoms with Gasteiger partial charge in [0.15, 0.2) is 0 Å². The molecule has 1 heterocycles. The quantitative estimate of drug-likeness (QED) is 0.619. The Morgan fingerprint density at radius 3 is 2.71 bits per heavy atom. The van der Waals surface area contributed by atoms with Gasteiger partial charge < -0.3 is 0 Å². The van der Waals surface area contributed by atoms with Crippen molar-refractivity contribution >= 4 is 10.9 Å². The normalized spacial score (nSPS) is 17.7. The maximum Gasteiger partial charge on any atom is 0.0705 e. The molecule has 0 N–H and O–H groups in total. The van der Waals surface area contributed by atoms with Crippen LogP contribution in [0.5, 0.6) is 0 Å². The summed E-state index contributed by atoms with van der Waals surface area (Å²) in [5.41, 5.74) is 6.65. The highest BCUT2D eigenvalue weighted by molar-refractivity contribution is 5.80. The first kappa shape index (κ1) is 12.6. The summed E-state index contributed by atoms with van der Waals surface area (Å²) in [4.78, 5) is 4.88. The van der Waals surface area contributed by atoms with Crippen LogP contribution in [0.25, 0.3) is 10.9 Å². The van der Waals surface area contributed by atoms with Crippen LogP contribution in [0.2, 0.25) is 0 Å². The van der Waals surface area contributed by atoms with E-state index in [1.807, 2.05) is 0 Å². The zero-order valence-electron chi connectivity index (χ0n) is 12.3. The topological polar surface area (TPSA) is 12.9 Å². The third-order valence-electron chi connectivity index (χ3n) is 4.61. The van der Waals surface area contributed by atoms with Gasteiger partial charge in [0.1, 0.15) is 0 Å². The molecular formula is C20H19N. The minimum Gasteiger partial charge on any atom is -0.253 e. The molecule has 104 valence electrons. The second kappa shape index (κ2) is 5.00. The van der Waals surface area contributed by atoms with Crippen molar-refractivity contribution in [2.24, 2.45) is 0 Å². The minimum atomic E-state index is 0.641. The van der Waals surface area contributed by atoms with Crippen LogP contribution in [0.4, 0.5) is 0 Å². The zero-order valence-corrected chi connectivity index (χ0v) is 12.3. The number of nitrogens with zero attached hydrogens (tertiary/aromatic N) is 1. The summed E-state index contributed by atoms with van der Waals surface area (Å²) in [6.07, 6.45) is 3.43. The van der Waals surface area contributed by atoms with Gasteiger partial charge in [-0.15, -0.1) is 0 Å². The Kier molecular flexibility index (Phi) is 2.99. The highest BCUT2D eigenvalue weighted by Gasteiger charge is 2.21. The lowest BCUT2D eigenvalue weighted by Gasteiger charge is -2.24. The first-order valence-electron chi connectivity index (χ1n) is 7.74. The zero-order chi connectivity index (χ0) is 14.2. The van der Waals surface area contributed by atoms with E-state index in [2.05, 4.69) is 61.5 Å². The Hall–Kier alpha value is -2.15. The molecule has 0 saturated heterocycles. The number of fused-ring (bicyclic) bond motifs is 2. The summed E-state index contributed by atoms with van der Waals surface area (Å²) in [5, 5.41) is 1.28. The molecule has 3 aromatic rings. The maximum atomic E-state index is 4.88. The van der Waals surface area contributed by atoms with Gasteiger partial charge in [0, 0.05) is 11.1 Å². The molecule has 1 atom stereocenters. The van der Waals surface area contributed by atoms with Crippen molar-refractivity contribution in [1.29, 1.82) is 0 Å². The largest absolute Gasteiger partial charge is 0.253 e. The molecule has 1 heteroatoms. The molecule has 1 aliphatic carbocycles. The first-order valence-corrected chi connectivity index (χ1v) is 7.74. The monoisotopic (exact) mass is 273 g/mol. The first-order chi connectivity index (χ1) is 10.3. The van der Waals surface area contributed by atoms with Crippen molar-refractivity contribution in [1.82, 2.24) is 4.98 Å². The van der Waals surface area contributed by atoms with Crippen molar-refractivity contribution in [3.05, 3.63) is 77.0 Å². The summed E-state index contributed by atoms with van der Waals surface area (Å²) in [6.45, 7) is 2.14. The summed E-state index contributed by atoms with van der Waals surface area (Å²) < 4.78 is 0. The van der Waals surface area contributed by atoms with E-state index in [1.165, 1.54) is 34.2 Å². The van der Waals surface area contributed by atoms with Gasteiger partial charge in [-0.3, -0.25) is 4.98 Å². The number of pyridine rings is 1. The molecule has 1 nitrogen and oxygen atoms in total. The van der Waals surface area contributed by atoms with Crippen molar-refractivity contribution in [2.75, 3.05) is 0 Å². The van der Waals surface area contributed by atoms with E-state index in [4.69, 9.17) is 4.98 Å². The van der Waals surface area contributed by atoms with Crippen molar-refractivity contribution in [3.8, 4) is 0 Å². The lowest BCUT2D eigenvalue weighted by molar-refractivity contribution is 0.576. The van der Waals surface area contributed by atoms with Gasteiger partial charge in [-0.1, -0.05) is 42.0 Å². The Balaban J connectivity index is 1.74. The van der Waals surface area contributed by atoms with Gasteiger partial charge in [0.2, 0.25) is 0 Å². The minimum absolute atomic E-state index is 0.641. The van der Waals surface area contributed by atoms with Crippen LogP contribution >= 0.6 is 0 Å². The Morgan fingerprint density at radius 2 is 1.86 bits per heavy atom. The van der Waals surface area contributed by atoms with Gasteiger partial charge in [0.25, 0.3) is 0 Å². The summed E-state index contributed by atoms with van der Waals surface area (Å²) >= 11 is 0. The number of aryl methyl sites for hydroxylation is 2. The average Bonchev–Trinajstić information content (AvgIpc) is 2.53. The fraction of sp³-hybridized carbons (Fsp3) is 0.250. The number of benzene rings is 2. The number of rotatable bonds is 1. The Morgan fingerprint density at radius 1 is 1.00 bits per heavy atom. The third kappa shape index (κ3) is 2.33. The molecule has 21 heavy (non-hydrogen) atoms. The molecule has 1 aliphatic rings. The molecule has 0 amide bonds. The van der Waals surface area contributed by atoms with Gasteiger partial charge >= 0.3 is 0 Å². The van der Waals surface area contributed by atoms with E-state index in [0.29, 0.717) is 5.92 Å². The summed E-state index contributed by atoms with van der Waals surface area (Å²) in [6, 6.07) is 19.8. The van der Waals surface area contributed by atoms with E-state index >= 15 is 0 Å². The highest BCUT2D eigenvalue weighted by Crippen LogP contribution is 2.33. The molecule has 1 unspecified atom stereocenters. The van der Waals surface area contributed by atoms with E-state index in [0.717, 1.165) is 18.4 Å². The SMILES string of the molecule is Cc1ccc2nc3c(cc2c1)CC(c1ccccc1)CC3. The second-order valence-corrected chi connectivity index (χ2v) is 6.14. The van der Waals surface area contributed by atoms with Crippen LogP contribution in [0.15, 0.2) is 54.6 Å².